The first-order valence-corrected chi connectivity index (χ1v) is 12.8. The van der Waals surface area contributed by atoms with E-state index in [1.165, 1.54) is 44.9 Å². The van der Waals surface area contributed by atoms with Gasteiger partial charge < -0.3 is 14.9 Å². The van der Waals surface area contributed by atoms with Crippen molar-refractivity contribution < 1.29 is 37.5 Å². The molecule has 0 spiro atoms. The van der Waals surface area contributed by atoms with Gasteiger partial charge in [-0.2, -0.15) is 8.42 Å². The van der Waals surface area contributed by atoms with E-state index in [0.29, 0.717) is 0 Å². The predicted molar refractivity (Wildman–Crippen MR) is 133 cm³/mol. The number of aliphatic carboxylic acids is 2. The average Bonchev–Trinajstić information content (AvgIpc) is 2.78. The summed E-state index contributed by atoms with van der Waals surface area (Å²) in [6.45, 7) is 9.54. The molecule has 1 rings (SSSR count). The van der Waals surface area contributed by atoms with E-state index in [1.54, 1.807) is 0 Å². The first-order chi connectivity index (χ1) is 16.1. The molecule has 8 nitrogen and oxygen atoms in total. The lowest BCUT2D eigenvalue weighted by molar-refractivity contribution is -0.151. The number of carbonyl (C=O) groups is 2. The number of ether oxygens (including phenoxy) is 1. The summed E-state index contributed by atoms with van der Waals surface area (Å²) < 4.78 is 34.6. The van der Waals surface area contributed by atoms with Crippen molar-refractivity contribution in [3.05, 3.63) is 55.6 Å². The Hall–Kier alpha value is -2.65. The van der Waals surface area contributed by atoms with Crippen LogP contribution in [0.25, 0.3) is 0 Å². The molecule has 2 atom stereocenters. The number of hydrogen-bond acceptors (Lipinski definition) is 5. The van der Waals surface area contributed by atoms with E-state index < -0.39 is 45.6 Å². The topological polar surface area (TPSA) is 138 Å². The van der Waals surface area contributed by atoms with E-state index in [0.717, 1.165) is 24.5 Å². The monoisotopic (exact) mass is 498 g/mol. The Morgan fingerprint density at radius 1 is 1.00 bits per heavy atom. The number of unbranched alkanes of at least 4 members (excludes halogenated alkanes) is 6. The van der Waals surface area contributed by atoms with Crippen LogP contribution < -0.4 is 4.74 Å². The summed E-state index contributed by atoms with van der Waals surface area (Å²) in [5.41, 5.74) is 0. The quantitative estimate of drug-likeness (QED) is 0.148. The lowest BCUT2D eigenvalue weighted by Crippen LogP contribution is -2.54. The number of carboxylic acid groups (broad SMARTS) is 2. The number of carboxylic acids is 2. The highest BCUT2D eigenvalue weighted by Gasteiger charge is 2.58. The van der Waals surface area contributed by atoms with E-state index >= 15 is 0 Å². The predicted octanol–water partition coefficient (Wildman–Crippen LogP) is 5.37. The zero-order valence-corrected chi connectivity index (χ0v) is 20.7. The maximum absolute atomic E-state index is 11.3. The number of benzene rings is 1. The zero-order valence-electron chi connectivity index (χ0n) is 19.9. The summed E-state index contributed by atoms with van der Waals surface area (Å²) in [7, 11) is -5.15. The molecule has 0 fully saturated rings. The van der Waals surface area contributed by atoms with E-state index in [1.807, 2.05) is 30.3 Å². The van der Waals surface area contributed by atoms with Crippen molar-refractivity contribution in [3.8, 4) is 5.75 Å². The second-order valence-corrected chi connectivity index (χ2v) is 9.54. The molecule has 1 aromatic rings. The Morgan fingerprint density at radius 2 is 1.56 bits per heavy atom. The lowest BCUT2D eigenvalue weighted by Gasteiger charge is -2.30. The standard InChI is InChI=1S/C15H24O.C10H14O7S/c1-2-3-4-5-6-7-11-14-16-15-12-9-8-10-13-15;1-3-5-7(8(11)12)10(6-4-2,9(13)14)18(15,16)17/h8-10,12-13H,2-7,11,14H2,1H3;3-4,7H,1-2,5-6H2,(H,11,12)(H,13,14)(H,15,16,17). The van der Waals surface area contributed by atoms with Crippen molar-refractivity contribution in [2.45, 2.75) is 69.5 Å². The van der Waals surface area contributed by atoms with Gasteiger partial charge >= 0.3 is 11.9 Å². The van der Waals surface area contributed by atoms with Crippen molar-refractivity contribution in [3.63, 3.8) is 0 Å². The van der Waals surface area contributed by atoms with E-state index in [4.69, 9.17) is 19.5 Å². The van der Waals surface area contributed by atoms with E-state index in [2.05, 4.69) is 20.1 Å². The van der Waals surface area contributed by atoms with Gasteiger partial charge in [0, 0.05) is 0 Å². The Morgan fingerprint density at radius 3 is 2.00 bits per heavy atom. The third kappa shape index (κ3) is 10.5. The Labute approximate surface area is 203 Å². The molecule has 0 aliphatic heterocycles. The van der Waals surface area contributed by atoms with Gasteiger partial charge in [-0.05, 0) is 31.4 Å². The molecule has 34 heavy (non-hydrogen) atoms. The lowest BCUT2D eigenvalue weighted by atomic mass is 9.86. The minimum absolute atomic E-state index is 0.421. The molecule has 1 aromatic carbocycles. The summed E-state index contributed by atoms with van der Waals surface area (Å²) in [4.78, 5) is 22.2. The van der Waals surface area contributed by atoms with Crippen molar-refractivity contribution in [1.29, 1.82) is 0 Å². The maximum Gasteiger partial charge on any atom is 0.328 e. The van der Waals surface area contributed by atoms with Crippen LogP contribution in [0.4, 0.5) is 0 Å². The van der Waals surface area contributed by atoms with Gasteiger partial charge in [0.05, 0.1) is 12.5 Å². The van der Waals surface area contributed by atoms with Crippen LogP contribution in [0.15, 0.2) is 55.6 Å². The molecule has 192 valence electrons. The molecule has 0 aliphatic carbocycles. The van der Waals surface area contributed by atoms with Crippen LogP contribution in [-0.2, 0) is 19.7 Å². The SMILES string of the molecule is C=CCC(C(=O)O)C(CC=C)(C(=O)O)S(=O)(=O)O.CCCCCCCCCOc1ccccc1. The zero-order chi connectivity index (χ0) is 26.0. The van der Waals surface area contributed by atoms with Crippen LogP contribution >= 0.6 is 0 Å². The van der Waals surface area contributed by atoms with Gasteiger partial charge in [0.25, 0.3) is 10.1 Å². The van der Waals surface area contributed by atoms with Crippen LogP contribution in [0.3, 0.4) is 0 Å². The second kappa shape index (κ2) is 16.9. The first-order valence-electron chi connectivity index (χ1n) is 11.4. The molecule has 2 unspecified atom stereocenters. The third-order valence-electron chi connectivity index (χ3n) is 5.29. The van der Waals surface area contributed by atoms with Gasteiger partial charge in [-0.1, -0.05) is 75.8 Å². The summed E-state index contributed by atoms with van der Waals surface area (Å²) in [5.74, 6) is -4.47. The van der Waals surface area contributed by atoms with Gasteiger partial charge in [0.15, 0.2) is 0 Å². The molecular formula is C25H38O8S. The molecule has 9 heteroatoms. The smallest absolute Gasteiger partial charge is 0.328 e. The average molecular weight is 499 g/mol. The maximum atomic E-state index is 11.3. The minimum Gasteiger partial charge on any atom is -0.494 e. The van der Waals surface area contributed by atoms with Crippen LogP contribution in [0.2, 0.25) is 0 Å². The van der Waals surface area contributed by atoms with Crippen molar-refractivity contribution in [2.24, 2.45) is 5.92 Å². The highest BCUT2D eigenvalue weighted by molar-refractivity contribution is 7.88. The molecule has 0 heterocycles. The number of para-hydroxylation sites is 1. The second-order valence-electron chi connectivity index (χ2n) is 7.86. The Bertz CT molecular complexity index is 851. The van der Waals surface area contributed by atoms with Gasteiger partial charge in [-0.15, -0.1) is 13.2 Å². The number of rotatable bonds is 17. The normalized spacial score (nSPS) is 13.5. The van der Waals surface area contributed by atoms with Crippen molar-refractivity contribution in [1.82, 2.24) is 0 Å². The minimum atomic E-state index is -5.15. The van der Waals surface area contributed by atoms with Crippen molar-refractivity contribution in [2.75, 3.05) is 6.61 Å². The molecule has 3 N–H and O–H groups in total. The highest BCUT2D eigenvalue weighted by atomic mass is 32.2. The summed E-state index contributed by atoms with van der Waals surface area (Å²) in [6.07, 6.45) is 10.2. The fraction of sp³-hybridized carbons (Fsp3) is 0.520. The molecule has 0 bridgehead atoms. The third-order valence-corrected chi connectivity index (χ3v) is 6.84. The first kappa shape index (κ1) is 31.4. The molecule has 0 aromatic heterocycles. The summed E-state index contributed by atoms with van der Waals surface area (Å²) in [6, 6.07) is 10.1. The highest BCUT2D eigenvalue weighted by Crippen LogP contribution is 2.34. The largest absolute Gasteiger partial charge is 0.494 e. The molecule has 0 radical (unpaired) electrons. The summed E-state index contributed by atoms with van der Waals surface area (Å²) >= 11 is 0. The fourth-order valence-electron chi connectivity index (χ4n) is 3.41. The molecule has 0 aliphatic rings. The number of allylic oxidation sites excluding steroid dienone is 2. The molecule has 0 saturated carbocycles. The number of hydrogen-bond donors (Lipinski definition) is 3. The molecule has 0 amide bonds. The fourth-order valence-corrected chi connectivity index (χ4v) is 4.52. The van der Waals surface area contributed by atoms with Gasteiger partial charge in [-0.3, -0.25) is 14.1 Å². The van der Waals surface area contributed by atoms with Gasteiger partial charge in [0.2, 0.25) is 4.75 Å². The molecular weight excluding hydrogens is 460 g/mol. The van der Waals surface area contributed by atoms with Gasteiger partial charge in [-0.25, -0.2) is 0 Å². The Balaban J connectivity index is 0.000000644. The van der Waals surface area contributed by atoms with Crippen LogP contribution in [0, 0.1) is 5.92 Å². The van der Waals surface area contributed by atoms with E-state index in [-0.39, 0.29) is 0 Å². The van der Waals surface area contributed by atoms with Crippen LogP contribution in [0.1, 0.15) is 64.7 Å². The van der Waals surface area contributed by atoms with Crippen LogP contribution in [0.5, 0.6) is 5.75 Å². The van der Waals surface area contributed by atoms with Gasteiger partial charge in [0.1, 0.15) is 5.75 Å². The molecule has 0 saturated heterocycles. The Kier molecular flexibility index (Phi) is 15.6. The van der Waals surface area contributed by atoms with E-state index in [9.17, 15) is 18.0 Å². The summed E-state index contributed by atoms with van der Waals surface area (Å²) in [5, 5.41) is 18.0. The van der Waals surface area contributed by atoms with Crippen molar-refractivity contribution >= 4 is 22.1 Å². The van der Waals surface area contributed by atoms with Crippen LogP contribution in [-0.4, -0.2) is 46.5 Å².